The van der Waals surface area contributed by atoms with E-state index in [9.17, 15) is 18.0 Å². The molecule has 35 heavy (non-hydrogen) atoms. The van der Waals surface area contributed by atoms with E-state index >= 15 is 0 Å². The molecule has 190 valence electrons. The fourth-order valence-corrected chi connectivity index (χ4v) is 5.08. The topological polar surface area (TPSA) is 105 Å². The summed E-state index contributed by atoms with van der Waals surface area (Å²) in [4.78, 5) is 27.8. The standard InChI is InChI=1S/C24H30BrN3O6S/c1-5-35(31,32)28(20-9-10-21-22(12-20)34-15-33-21)14-23(29)27(17(4)24(30)26-16(2)3)13-18-7-6-8-19(25)11-18/h6-12,16-17H,5,13-15H2,1-4H3,(H,26,30). The summed E-state index contributed by atoms with van der Waals surface area (Å²) in [6.45, 7) is 6.52. The van der Waals surface area contributed by atoms with Crippen LogP contribution in [0.5, 0.6) is 11.5 Å². The van der Waals surface area contributed by atoms with Crippen molar-refractivity contribution in [1.29, 1.82) is 0 Å². The number of benzene rings is 2. The van der Waals surface area contributed by atoms with Crippen LogP contribution in [0.2, 0.25) is 0 Å². The summed E-state index contributed by atoms with van der Waals surface area (Å²) in [7, 11) is -3.82. The molecular weight excluding hydrogens is 538 g/mol. The number of sulfonamides is 1. The number of carbonyl (C=O) groups is 2. The SMILES string of the molecule is CCS(=O)(=O)N(CC(=O)N(Cc1cccc(Br)c1)C(C)C(=O)NC(C)C)c1ccc2c(c1)OCO2. The van der Waals surface area contributed by atoms with Crippen LogP contribution in [0.25, 0.3) is 0 Å². The molecule has 1 atom stereocenters. The van der Waals surface area contributed by atoms with E-state index in [1.54, 1.807) is 19.1 Å². The van der Waals surface area contributed by atoms with Crippen molar-refractivity contribution in [2.75, 3.05) is 23.4 Å². The van der Waals surface area contributed by atoms with Gasteiger partial charge in [0.15, 0.2) is 11.5 Å². The van der Waals surface area contributed by atoms with E-state index in [0.717, 1.165) is 14.3 Å². The molecule has 0 fully saturated rings. The Morgan fingerprint density at radius 1 is 1.09 bits per heavy atom. The van der Waals surface area contributed by atoms with Crippen LogP contribution in [0.1, 0.15) is 33.3 Å². The molecule has 9 nitrogen and oxygen atoms in total. The third-order valence-corrected chi connectivity index (χ3v) is 7.70. The number of nitrogens with one attached hydrogen (secondary N) is 1. The van der Waals surface area contributed by atoms with Crippen molar-refractivity contribution in [1.82, 2.24) is 10.2 Å². The number of carbonyl (C=O) groups excluding carboxylic acids is 2. The number of halogens is 1. The molecule has 1 aliphatic heterocycles. The third-order valence-electron chi connectivity index (χ3n) is 5.46. The maximum atomic E-state index is 13.6. The molecule has 3 rings (SSSR count). The first-order valence-corrected chi connectivity index (χ1v) is 13.7. The summed E-state index contributed by atoms with van der Waals surface area (Å²) < 4.78 is 38.6. The van der Waals surface area contributed by atoms with Crippen LogP contribution in [-0.4, -0.2) is 56.3 Å². The van der Waals surface area contributed by atoms with Crippen molar-refractivity contribution in [2.24, 2.45) is 0 Å². The Kier molecular flexibility index (Phi) is 8.65. The maximum absolute atomic E-state index is 13.6. The maximum Gasteiger partial charge on any atom is 0.244 e. The third kappa shape index (κ3) is 6.66. The van der Waals surface area contributed by atoms with E-state index < -0.39 is 28.5 Å². The van der Waals surface area contributed by atoms with Gasteiger partial charge in [0.2, 0.25) is 28.6 Å². The minimum atomic E-state index is -3.82. The Labute approximate surface area is 214 Å². The molecule has 2 aromatic rings. The van der Waals surface area contributed by atoms with E-state index in [1.807, 2.05) is 38.1 Å². The number of hydrogen-bond acceptors (Lipinski definition) is 6. The second-order valence-electron chi connectivity index (χ2n) is 8.44. The molecule has 1 aliphatic rings. The van der Waals surface area contributed by atoms with Gasteiger partial charge >= 0.3 is 0 Å². The lowest BCUT2D eigenvalue weighted by molar-refractivity contribution is -0.139. The number of rotatable bonds is 10. The smallest absolute Gasteiger partial charge is 0.244 e. The molecule has 11 heteroatoms. The van der Waals surface area contributed by atoms with E-state index in [1.165, 1.54) is 17.9 Å². The highest BCUT2D eigenvalue weighted by molar-refractivity contribution is 9.10. The summed E-state index contributed by atoms with van der Waals surface area (Å²) in [5.41, 5.74) is 1.08. The molecule has 1 N–H and O–H groups in total. The zero-order valence-corrected chi connectivity index (χ0v) is 22.6. The predicted octanol–water partition coefficient (Wildman–Crippen LogP) is 3.28. The lowest BCUT2D eigenvalue weighted by Gasteiger charge is -2.32. The first-order chi connectivity index (χ1) is 16.5. The largest absolute Gasteiger partial charge is 0.454 e. The second-order valence-corrected chi connectivity index (χ2v) is 11.5. The second kappa shape index (κ2) is 11.3. The predicted molar refractivity (Wildman–Crippen MR) is 137 cm³/mol. The fraction of sp³-hybridized carbons (Fsp3) is 0.417. The van der Waals surface area contributed by atoms with E-state index in [2.05, 4.69) is 21.2 Å². The fourth-order valence-electron chi connectivity index (χ4n) is 3.58. The first kappa shape index (κ1) is 26.8. The van der Waals surface area contributed by atoms with Crippen LogP contribution in [0.4, 0.5) is 5.69 Å². The monoisotopic (exact) mass is 567 g/mol. The normalized spacial score (nSPS) is 13.4. The highest BCUT2D eigenvalue weighted by atomic mass is 79.9. The van der Waals surface area contributed by atoms with Gasteiger partial charge in [-0.25, -0.2) is 8.42 Å². The van der Waals surface area contributed by atoms with Gasteiger partial charge in [-0.05, 0) is 57.5 Å². The van der Waals surface area contributed by atoms with Gasteiger partial charge < -0.3 is 19.7 Å². The lowest BCUT2D eigenvalue weighted by atomic mass is 10.1. The lowest BCUT2D eigenvalue weighted by Crippen LogP contribution is -2.52. The summed E-state index contributed by atoms with van der Waals surface area (Å²) in [5.74, 6) is -0.127. The van der Waals surface area contributed by atoms with E-state index in [4.69, 9.17) is 9.47 Å². The Morgan fingerprint density at radius 2 is 1.80 bits per heavy atom. The van der Waals surface area contributed by atoms with Crippen LogP contribution >= 0.6 is 15.9 Å². The molecule has 0 aromatic heterocycles. The number of anilines is 1. The average Bonchev–Trinajstić information content (AvgIpc) is 3.27. The quantitative estimate of drug-likeness (QED) is 0.472. The summed E-state index contributed by atoms with van der Waals surface area (Å²) in [6.07, 6.45) is 0. The Hall–Kier alpha value is -2.79. The molecule has 1 unspecified atom stereocenters. The average molecular weight is 568 g/mol. The summed E-state index contributed by atoms with van der Waals surface area (Å²) in [6, 6.07) is 11.2. The van der Waals surface area contributed by atoms with Gasteiger partial charge in [-0.15, -0.1) is 0 Å². The number of amides is 2. The molecule has 0 saturated heterocycles. The van der Waals surface area contributed by atoms with Crippen molar-refractivity contribution in [2.45, 2.75) is 46.3 Å². The number of hydrogen-bond donors (Lipinski definition) is 1. The molecule has 2 aromatic carbocycles. The van der Waals surface area contributed by atoms with Crippen molar-refractivity contribution < 1.29 is 27.5 Å². The van der Waals surface area contributed by atoms with Gasteiger partial charge in [-0.3, -0.25) is 13.9 Å². The minimum Gasteiger partial charge on any atom is -0.454 e. The minimum absolute atomic E-state index is 0.0428. The van der Waals surface area contributed by atoms with Gasteiger partial charge in [-0.2, -0.15) is 0 Å². The van der Waals surface area contributed by atoms with Crippen LogP contribution in [-0.2, 0) is 26.2 Å². The van der Waals surface area contributed by atoms with E-state index in [0.29, 0.717) is 11.5 Å². The summed E-state index contributed by atoms with van der Waals surface area (Å²) >= 11 is 3.43. The van der Waals surface area contributed by atoms with E-state index in [-0.39, 0.29) is 36.7 Å². The molecule has 0 aliphatic carbocycles. The van der Waals surface area contributed by atoms with Gasteiger partial charge in [0.25, 0.3) is 0 Å². The molecule has 0 bridgehead atoms. The van der Waals surface area contributed by atoms with Crippen LogP contribution in [0.15, 0.2) is 46.9 Å². The van der Waals surface area contributed by atoms with Gasteiger partial charge in [0, 0.05) is 23.1 Å². The van der Waals surface area contributed by atoms with Crippen molar-refractivity contribution in [3.63, 3.8) is 0 Å². The number of nitrogens with zero attached hydrogens (tertiary/aromatic N) is 2. The molecule has 1 heterocycles. The van der Waals surface area contributed by atoms with Gasteiger partial charge in [0.05, 0.1) is 11.4 Å². The molecule has 0 radical (unpaired) electrons. The Bertz CT molecular complexity index is 1190. The van der Waals surface area contributed by atoms with Gasteiger partial charge in [-0.1, -0.05) is 28.1 Å². The molecule has 0 spiro atoms. The number of fused-ring (bicyclic) bond motifs is 1. The Morgan fingerprint density at radius 3 is 2.46 bits per heavy atom. The van der Waals surface area contributed by atoms with Gasteiger partial charge in [0.1, 0.15) is 12.6 Å². The highest BCUT2D eigenvalue weighted by Crippen LogP contribution is 2.36. The van der Waals surface area contributed by atoms with Crippen LogP contribution in [0.3, 0.4) is 0 Å². The molecule has 0 saturated carbocycles. The zero-order valence-electron chi connectivity index (χ0n) is 20.2. The summed E-state index contributed by atoms with van der Waals surface area (Å²) in [5, 5.41) is 2.83. The van der Waals surface area contributed by atoms with Crippen molar-refractivity contribution >= 4 is 43.5 Å². The number of ether oxygens (including phenoxy) is 2. The van der Waals surface area contributed by atoms with Crippen LogP contribution < -0.4 is 19.1 Å². The van der Waals surface area contributed by atoms with Crippen LogP contribution in [0, 0.1) is 0 Å². The van der Waals surface area contributed by atoms with Crippen molar-refractivity contribution in [3.8, 4) is 11.5 Å². The zero-order chi connectivity index (χ0) is 25.8. The molecule has 2 amide bonds. The Balaban J connectivity index is 1.94. The van der Waals surface area contributed by atoms with Crippen molar-refractivity contribution in [3.05, 3.63) is 52.5 Å². The first-order valence-electron chi connectivity index (χ1n) is 11.3. The molecular formula is C24H30BrN3O6S. The highest BCUT2D eigenvalue weighted by Gasteiger charge is 2.32.